The molecule has 1 aliphatic rings. The largest absolute Gasteiger partial charge is 0.469 e. The lowest BCUT2D eigenvalue weighted by atomic mass is 9.96. The van der Waals surface area contributed by atoms with E-state index in [-0.39, 0.29) is 23.6 Å². The number of ether oxygens (including phenoxy) is 1. The van der Waals surface area contributed by atoms with Crippen molar-refractivity contribution < 1.29 is 18.7 Å². The molecule has 0 bridgehead atoms. The van der Waals surface area contributed by atoms with Gasteiger partial charge in [-0.2, -0.15) is 0 Å². The molecule has 2 heterocycles. The number of aromatic nitrogens is 1. The Balaban J connectivity index is 1.47. The van der Waals surface area contributed by atoms with Crippen molar-refractivity contribution in [1.82, 2.24) is 4.98 Å². The van der Waals surface area contributed by atoms with E-state index < -0.39 is 0 Å². The van der Waals surface area contributed by atoms with Crippen molar-refractivity contribution in [3.63, 3.8) is 0 Å². The van der Waals surface area contributed by atoms with E-state index in [1.807, 2.05) is 31.2 Å². The van der Waals surface area contributed by atoms with Gasteiger partial charge in [0.25, 0.3) is 5.91 Å². The number of nitrogens with one attached hydrogen (secondary N) is 2. The summed E-state index contributed by atoms with van der Waals surface area (Å²) in [5.41, 5.74) is 3.45. The minimum atomic E-state index is -0.358. The molecule has 3 aromatic rings. The summed E-state index contributed by atoms with van der Waals surface area (Å²) in [6.07, 6.45) is 1.48. The van der Waals surface area contributed by atoms with Crippen LogP contribution in [0.4, 0.5) is 15.8 Å². The second-order valence-corrected chi connectivity index (χ2v) is 7.62. The first-order valence-electron chi connectivity index (χ1n) is 9.98. The normalized spacial score (nSPS) is 14.7. The molecule has 0 spiro atoms. The second kappa shape index (κ2) is 8.18. The van der Waals surface area contributed by atoms with Crippen molar-refractivity contribution in [2.75, 3.05) is 30.4 Å². The molecule has 6 nitrogen and oxygen atoms in total. The molecule has 30 heavy (non-hydrogen) atoms. The number of H-pyrrole nitrogens is 1. The quantitative estimate of drug-likeness (QED) is 0.632. The highest BCUT2D eigenvalue weighted by molar-refractivity contribution is 6.06. The average Bonchev–Trinajstić information content (AvgIpc) is 3.23. The molecule has 4 rings (SSSR count). The minimum absolute atomic E-state index is 0.0556. The number of nitrogens with zero attached hydrogens (tertiary/aromatic N) is 1. The Kier molecular flexibility index (Phi) is 5.44. The number of benzene rings is 2. The van der Waals surface area contributed by atoms with Crippen molar-refractivity contribution in [3.05, 3.63) is 59.5 Å². The van der Waals surface area contributed by atoms with E-state index in [0.29, 0.717) is 22.3 Å². The van der Waals surface area contributed by atoms with Crippen LogP contribution in [0.2, 0.25) is 0 Å². The molecule has 0 unspecified atom stereocenters. The molecule has 7 heteroatoms. The van der Waals surface area contributed by atoms with Crippen molar-refractivity contribution in [1.29, 1.82) is 0 Å². The SMILES string of the molecule is COC(=O)C1CCN(c2cccc(NC(=O)c3cc4c(F)ccc(C)c4[nH]3)c2)CC1. The lowest BCUT2D eigenvalue weighted by Crippen LogP contribution is -2.36. The third kappa shape index (κ3) is 3.87. The Morgan fingerprint density at radius 2 is 1.93 bits per heavy atom. The summed E-state index contributed by atoms with van der Waals surface area (Å²) < 4.78 is 18.9. The third-order valence-corrected chi connectivity index (χ3v) is 5.69. The average molecular weight is 409 g/mol. The molecule has 156 valence electrons. The van der Waals surface area contributed by atoms with Gasteiger partial charge in [-0.05, 0) is 55.7 Å². The minimum Gasteiger partial charge on any atom is -0.469 e. The highest BCUT2D eigenvalue weighted by Gasteiger charge is 2.25. The van der Waals surface area contributed by atoms with Crippen LogP contribution in [-0.4, -0.2) is 37.1 Å². The number of aryl methyl sites for hydroxylation is 1. The summed E-state index contributed by atoms with van der Waals surface area (Å²) in [6, 6.07) is 12.2. The Hall–Kier alpha value is -3.35. The summed E-state index contributed by atoms with van der Waals surface area (Å²) in [6.45, 7) is 3.36. The number of fused-ring (bicyclic) bond motifs is 1. The van der Waals surface area contributed by atoms with Gasteiger partial charge in [0, 0.05) is 29.9 Å². The van der Waals surface area contributed by atoms with Crippen molar-refractivity contribution in [3.8, 4) is 0 Å². The van der Waals surface area contributed by atoms with Crippen LogP contribution in [0, 0.1) is 18.7 Å². The van der Waals surface area contributed by atoms with E-state index >= 15 is 0 Å². The van der Waals surface area contributed by atoms with Crippen LogP contribution in [0.3, 0.4) is 0 Å². The van der Waals surface area contributed by atoms with Crippen LogP contribution < -0.4 is 10.2 Å². The summed E-state index contributed by atoms with van der Waals surface area (Å²) in [5.74, 6) is -0.893. The molecule has 2 N–H and O–H groups in total. The third-order valence-electron chi connectivity index (χ3n) is 5.69. The fourth-order valence-electron chi connectivity index (χ4n) is 3.97. The van der Waals surface area contributed by atoms with E-state index in [1.165, 1.54) is 19.2 Å². The van der Waals surface area contributed by atoms with E-state index in [0.717, 1.165) is 37.2 Å². The maximum atomic E-state index is 14.0. The second-order valence-electron chi connectivity index (χ2n) is 7.62. The van der Waals surface area contributed by atoms with Gasteiger partial charge in [-0.25, -0.2) is 4.39 Å². The predicted octanol–water partition coefficient (Wildman–Crippen LogP) is 4.26. The van der Waals surface area contributed by atoms with Gasteiger partial charge in [0.2, 0.25) is 0 Å². The van der Waals surface area contributed by atoms with Crippen molar-refractivity contribution in [2.24, 2.45) is 5.92 Å². The number of amides is 1. The molecule has 0 aliphatic carbocycles. The summed E-state index contributed by atoms with van der Waals surface area (Å²) in [5, 5.41) is 3.29. The molecule has 0 radical (unpaired) electrons. The van der Waals surface area contributed by atoms with Crippen molar-refractivity contribution >= 4 is 34.2 Å². The lowest BCUT2D eigenvalue weighted by molar-refractivity contribution is -0.146. The molecular formula is C23H24FN3O3. The summed E-state index contributed by atoms with van der Waals surface area (Å²) >= 11 is 0. The molecule has 1 amide bonds. The van der Waals surface area contributed by atoms with Crippen LogP contribution >= 0.6 is 0 Å². The monoisotopic (exact) mass is 409 g/mol. The smallest absolute Gasteiger partial charge is 0.308 e. The number of hydrogen-bond acceptors (Lipinski definition) is 4. The van der Waals surface area contributed by atoms with Gasteiger partial charge in [-0.1, -0.05) is 12.1 Å². The Morgan fingerprint density at radius 3 is 2.63 bits per heavy atom. The first-order valence-corrected chi connectivity index (χ1v) is 9.98. The molecule has 1 fully saturated rings. The predicted molar refractivity (Wildman–Crippen MR) is 114 cm³/mol. The van der Waals surface area contributed by atoms with Crippen LogP contribution in [-0.2, 0) is 9.53 Å². The molecule has 2 aromatic carbocycles. The van der Waals surface area contributed by atoms with Crippen LogP contribution in [0.15, 0.2) is 42.5 Å². The fraction of sp³-hybridized carbons (Fsp3) is 0.304. The van der Waals surface area contributed by atoms with Crippen LogP contribution in [0.1, 0.15) is 28.9 Å². The number of anilines is 2. The molecule has 1 saturated heterocycles. The molecular weight excluding hydrogens is 385 g/mol. The topological polar surface area (TPSA) is 74.4 Å². The summed E-state index contributed by atoms with van der Waals surface area (Å²) in [7, 11) is 1.42. The first-order chi connectivity index (χ1) is 14.5. The van der Waals surface area contributed by atoms with Crippen molar-refractivity contribution in [2.45, 2.75) is 19.8 Å². The Morgan fingerprint density at radius 1 is 1.17 bits per heavy atom. The van der Waals surface area contributed by atoms with Gasteiger partial charge >= 0.3 is 5.97 Å². The number of halogens is 1. The van der Waals surface area contributed by atoms with Gasteiger partial charge in [0.1, 0.15) is 11.5 Å². The highest BCUT2D eigenvalue weighted by atomic mass is 19.1. The van der Waals surface area contributed by atoms with Gasteiger partial charge in [0.15, 0.2) is 0 Å². The number of piperidine rings is 1. The fourth-order valence-corrected chi connectivity index (χ4v) is 3.97. The van der Waals surface area contributed by atoms with Gasteiger partial charge in [-0.3, -0.25) is 9.59 Å². The standard InChI is InChI=1S/C23H24FN3O3/c1-14-6-7-19(24)18-13-20(26-21(14)18)22(28)25-16-4-3-5-17(12-16)27-10-8-15(9-11-27)23(29)30-2/h3-7,12-13,15,26H,8-11H2,1-2H3,(H,25,28). The van der Waals surface area contributed by atoms with E-state index in [9.17, 15) is 14.0 Å². The van der Waals surface area contributed by atoms with Gasteiger partial charge < -0.3 is 19.9 Å². The molecule has 0 saturated carbocycles. The Bertz CT molecular complexity index is 1060. The number of rotatable bonds is 4. The lowest BCUT2D eigenvalue weighted by Gasteiger charge is -2.32. The molecule has 1 aliphatic heterocycles. The molecule has 0 atom stereocenters. The van der Waals surface area contributed by atoms with E-state index in [2.05, 4.69) is 15.2 Å². The number of carbonyl (C=O) groups is 2. The number of carbonyl (C=O) groups excluding carboxylic acids is 2. The number of esters is 1. The highest BCUT2D eigenvalue weighted by Crippen LogP contribution is 2.27. The number of hydrogen-bond donors (Lipinski definition) is 2. The van der Waals surface area contributed by atoms with E-state index in [4.69, 9.17) is 4.74 Å². The van der Waals surface area contributed by atoms with Crippen LogP contribution in [0.5, 0.6) is 0 Å². The van der Waals surface area contributed by atoms with E-state index in [1.54, 1.807) is 6.07 Å². The first kappa shape index (κ1) is 19.9. The maximum absolute atomic E-state index is 14.0. The number of methoxy groups -OCH3 is 1. The maximum Gasteiger partial charge on any atom is 0.308 e. The van der Waals surface area contributed by atoms with Crippen LogP contribution in [0.25, 0.3) is 10.9 Å². The Labute approximate surface area is 174 Å². The molecule has 1 aromatic heterocycles. The summed E-state index contributed by atoms with van der Waals surface area (Å²) in [4.78, 5) is 29.6. The number of aromatic amines is 1. The van der Waals surface area contributed by atoms with Gasteiger partial charge in [0.05, 0.1) is 18.5 Å². The zero-order valence-corrected chi connectivity index (χ0v) is 17.0. The van der Waals surface area contributed by atoms with Gasteiger partial charge in [-0.15, -0.1) is 0 Å². The zero-order chi connectivity index (χ0) is 21.3. The zero-order valence-electron chi connectivity index (χ0n) is 17.0.